The summed E-state index contributed by atoms with van der Waals surface area (Å²) in [5.74, 6) is 0. The summed E-state index contributed by atoms with van der Waals surface area (Å²) in [7, 11) is -1.09. The van der Waals surface area contributed by atoms with E-state index in [2.05, 4.69) is 10.2 Å². The predicted molar refractivity (Wildman–Crippen MR) is 67.0 cm³/mol. The van der Waals surface area contributed by atoms with Crippen molar-refractivity contribution in [2.24, 2.45) is 0 Å². The number of nitrogens with zero attached hydrogens (tertiary/aromatic N) is 1. The molecule has 1 aromatic heterocycles. The molecule has 96 valence electrons. The lowest BCUT2D eigenvalue weighted by Gasteiger charge is -2.38. The normalized spacial score (nSPS) is 12.9. The second-order valence-corrected chi connectivity index (χ2v) is 5.18. The number of H-pyrrole nitrogens is 1. The zero-order valence-corrected chi connectivity index (χ0v) is 11.1. The molecule has 0 atom stereocenters. The van der Waals surface area contributed by atoms with Gasteiger partial charge in [-0.05, 0) is 34.1 Å². The second kappa shape index (κ2) is 4.80. The molecule has 0 fully saturated rings. The molecule has 0 radical (unpaired) electrons. The fourth-order valence-electron chi connectivity index (χ4n) is 1.31. The lowest BCUT2D eigenvalue weighted by molar-refractivity contribution is -0.0982. The molecule has 1 heterocycles. The minimum absolute atomic E-state index is 0.616. The number of aliphatic hydroxyl groups is 1. The highest BCUT2D eigenvalue weighted by Gasteiger charge is 2.40. The van der Waals surface area contributed by atoms with Crippen molar-refractivity contribution in [3.63, 3.8) is 0 Å². The van der Waals surface area contributed by atoms with E-state index in [0.29, 0.717) is 11.9 Å². The van der Waals surface area contributed by atoms with Crippen molar-refractivity contribution in [1.82, 2.24) is 10.2 Å². The van der Waals surface area contributed by atoms with Gasteiger partial charge in [0.05, 0.1) is 16.9 Å². The summed E-state index contributed by atoms with van der Waals surface area (Å²) in [6.45, 7) is 8.73. The SMILES string of the molecule is CCc1n[nH]cc1B(O)OC(C)(C)C(C)(C)O. The Labute approximate surface area is 102 Å². The van der Waals surface area contributed by atoms with Crippen LogP contribution in [0.25, 0.3) is 0 Å². The van der Waals surface area contributed by atoms with Crippen LogP contribution in [-0.2, 0) is 11.1 Å². The van der Waals surface area contributed by atoms with Crippen molar-refractivity contribution in [2.75, 3.05) is 0 Å². The topological polar surface area (TPSA) is 78.4 Å². The van der Waals surface area contributed by atoms with Crippen LogP contribution in [0.5, 0.6) is 0 Å². The van der Waals surface area contributed by atoms with Crippen molar-refractivity contribution in [3.05, 3.63) is 11.9 Å². The van der Waals surface area contributed by atoms with Crippen LogP contribution in [0.15, 0.2) is 6.20 Å². The van der Waals surface area contributed by atoms with Gasteiger partial charge in [0.15, 0.2) is 0 Å². The first kappa shape index (κ1) is 14.2. The molecular formula is C11H21BN2O3. The highest BCUT2D eigenvalue weighted by molar-refractivity contribution is 6.60. The zero-order chi connectivity index (χ0) is 13.3. The lowest BCUT2D eigenvalue weighted by atomic mass is 9.76. The first-order valence-corrected chi connectivity index (χ1v) is 5.80. The molecule has 0 saturated carbocycles. The van der Waals surface area contributed by atoms with Gasteiger partial charge in [-0.15, -0.1) is 0 Å². The first-order chi connectivity index (χ1) is 7.69. The van der Waals surface area contributed by atoms with Crippen molar-refractivity contribution < 1.29 is 14.8 Å². The molecular weight excluding hydrogens is 219 g/mol. The van der Waals surface area contributed by atoms with Gasteiger partial charge in [0.2, 0.25) is 0 Å². The van der Waals surface area contributed by atoms with Gasteiger partial charge < -0.3 is 14.8 Å². The molecule has 6 heteroatoms. The van der Waals surface area contributed by atoms with Gasteiger partial charge >= 0.3 is 7.12 Å². The van der Waals surface area contributed by atoms with Gasteiger partial charge in [-0.25, -0.2) is 0 Å². The Morgan fingerprint density at radius 2 is 2.00 bits per heavy atom. The molecule has 0 spiro atoms. The molecule has 0 aliphatic heterocycles. The summed E-state index contributed by atoms with van der Waals surface area (Å²) in [5.41, 5.74) is -0.535. The van der Waals surface area contributed by atoms with Crippen molar-refractivity contribution in [2.45, 2.75) is 52.2 Å². The number of rotatable bonds is 5. The van der Waals surface area contributed by atoms with Crippen LogP contribution in [0.2, 0.25) is 0 Å². The molecule has 0 aromatic carbocycles. The average molecular weight is 240 g/mol. The molecule has 17 heavy (non-hydrogen) atoms. The summed E-state index contributed by atoms with van der Waals surface area (Å²) in [5, 5.41) is 26.7. The fraction of sp³-hybridized carbons (Fsp3) is 0.727. The molecule has 1 aromatic rings. The predicted octanol–water partition coefficient (Wildman–Crippen LogP) is 0.226. The number of hydrogen-bond acceptors (Lipinski definition) is 4. The van der Waals surface area contributed by atoms with Crippen LogP contribution in [-0.4, -0.2) is 38.6 Å². The Balaban J connectivity index is 2.83. The fourth-order valence-corrected chi connectivity index (χ4v) is 1.31. The van der Waals surface area contributed by atoms with Gasteiger partial charge in [0.1, 0.15) is 0 Å². The first-order valence-electron chi connectivity index (χ1n) is 5.80. The number of nitrogens with one attached hydrogen (secondary N) is 1. The Bertz CT molecular complexity index is 371. The largest absolute Gasteiger partial charge is 0.495 e. The third-order valence-corrected chi connectivity index (χ3v) is 3.23. The second-order valence-electron chi connectivity index (χ2n) is 5.18. The van der Waals surface area contributed by atoms with Gasteiger partial charge in [-0.3, -0.25) is 5.10 Å². The highest BCUT2D eigenvalue weighted by Crippen LogP contribution is 2.25. The third kappa shape index (κ3) is 3.09. The Morgan fingerprint density at radius 3 is 2.47 bits per heavy atom. The summed E-state index contributed by atoms with van der Waals surface area (Å²) in [4.78, 5) is 0. The van der Waals surface area contributed by atoms with E-state index in [-0.39, 0.29) is 0 Å². The van der Waals surface area contributed by atoms with Gasteiger partial charge in [0, 0.05) is 11.7 Å². The average Bonchev–Trinajstić information content (AvgIpc) is 2.62. The van der Waals surface area contributed by atoms with E-state index in [1.54, 1.807) is 33.9 Å². The van der Waals surface area contributed by atoms with Crippen LogP contribution in [0.4, 0.5) is 0 Å². The van der Waals surface area contributed by atoms with E-state index in [1.807, 2.05) is 6.92 Å². The van der Waals surface area contributed by atoms with Gasteiger partial charge in [0.25, 0.3) is 0 Å². The Morgan fingerprint density at radius 1 is 1.41 bits per heavy atom. The maximum absolute atomic E-state index is 10.0. The molecule has 0 amide bonds. The Kier molecular flexibility index (Phi) is 4.01. The highest BCUT2D eigenvalue weighted by atomic mass is 16.5. The van der Waals surface area contributed by atoms with Crippen LogP contribution < -0.4 is 5.46 Å². The van der Waals surface area contributed by atoms with Gasteiger partial charge in [-0.1, -0.05) is 6.92 Å². The van der Waals surface area contributed by atoms with Crippen LogP contribution in [0.1, 0.15) is 40.3 Å². The molecule has 3 N–H and O–H groups in total. The van der Waals surface area contributed by atoms with E-state index >= 15 is 0 Å². The maximum Gasteiger partial charge on any atom is 0.495 e. The molecule has 1 rings (SSSR count). The Hall–Kier alpha value is -0.845. The molecule has 0 saturated heterocycles. The lowest BCUT2D eigenvalue weighted by Crippen LogP contribution is -2.53. The van der Waals surface area contributed by atoms with E-state index in [4.69, 9.17) is 4.65 Å². The minimum atomic E-state index is -1.09. The van der Waals surface area contributed by atoms with Crippen LogP contribution in [0, 0.1) is 0 Å². The van der Waals surface area contributed by atoms with E-state index in [1.165, 1.54) is 0 Å². The van der Waals surface area contributed by atoms with Crippen molar-refractivity contribution in [1.29, 1.82) is 0 Å². The minimum Gasteiger partial charge on any atom is -0.423 e. The van der Waals surface area contributed by atoms with E-state index < -0.39 is 18.3 Å². The summed E-state index contributed by atoms with van der Waals surface area (Å²) in [6, 6.07) is 0. The smallest absolute Gasteiger partial charge is 0.423 e. The van der Waals surface area contributed by atoms with Crippen molar-refractivity contribution in [3.8, 4) is 0 Å². The number of aromatic amines is 1. The molecule has 5 nitrogen and oxygen atoms in total. The van der Waals surface area contributed by atoms with Crippen LogP contribution >= 0.6 is 0 Å². The summed E-state index contributed by atoms with van der Waals surface area (Å²) >= 11 is 0. The maximum atomic E-state index is 10.0. The standard InChI is InChI=1S/C11H21BN2O3/c1-6-9-8(7-13-14-9)12(16)17-11(4,5)10(2,3)15/h7,15-16H,6H2,1-5H3,(H,13,14). The van der Waals surface area contributed by atoms with Gasteiger partial charge in [-0.2, -0.15) is 5.10 Å². The third-order valence-electron chi connectivity index (χ3n) is 3.23. The summed E-state index contributed by atoms with van der Waals surface area (Å²) < 4.78 is 5.53. The molecule has 0 unspecified atom stereocenters. The van der Waals surface area contributed by atoms with E-state index in [9.17, 15) is 10.1 Å². The number of aromatic nitrogens is 2. The van der Waals surface area contributed by atoms with E-state index in [0.717, 1.165) is 5.69 Å². The number of aryl methyl sites for hydroxylation is 1. The molecule has 0 aliphatic carbocycles. The van der Waals surface area contributed by atoms with Crippen LogP contribution in [0.3, 0.4) is 0 Å². The quantitative estimate of drug-likeness (QED) is 0.643. The van der Waals surface area contributed by atoms with Crippen molar-refractivity contribution >= 4 is 12.6 Å². The monoisotopic (exact) mass is 240 g/mol. The molecule has 0 aliphatic rings. The zero-order valence-electron chi connectivity index (χ0n) is 11.1. The number of hydrogen-bond donors (Lipinski definition) is 3. The molecule has 0 bridgehead atoms. The summed E-state index contributed by atoms with van der Waals surface area (Å²) in [6.07, 6.45) is 2.33.